The average Bonchev–Trinajstić information content (AvgIpc) is 2.61. The summed E-state index contributed by atoms with van der Waals surface area (Å²) in [5.74, 6) is 0.980. The molecule has 26 heavy (non-hydrogen) atoms. The fraction of sp³-hybridized carbons (Fsp3) is 0.722. The number of likely N-dealkylation sites (N-methyl/N-ethyl adjacent to an activating group) is 1. The highest BCUT2D eigenvalue weighted by Gasteiger charge is 2.26. The molecule has 3 heterocycles. The number of piperazine rings is 1. The lowest BCUT2D eigenvalue weighted by molar-refractivity contribution is 0.163. The SMILES string of the molecule is C[C@H](CN(C)C)Oc1nc2c(c(N3CCNC(CC#N)C3)n1)CCNC2. The molecule has 1 unspecified atom stereocenters. The van der Waals surface area contributed by atoms with E-state index in [9.17, 15) is 0 Å². The van der Waals surface area contributed by atoms with Crippen LogP contribution < -0.4 is 20.3 Å². The summed E-state index contributed by atoms with van der Waals surface area (Å²) in [7, 11) is 4.05. The molecule has 0 radical (unpaired) electrons. The van der Waals surface area contributed by atoms with E-state index in [-0.39, 0.29) is 12.1 Å². The highest BCUT2D eigenvalue weighted by Crippen LogP contribution is 2.27. The first-order valence-corrected chi connectivity index (χ1v) is 9.34. The van der Waals surface area contributed by atoms with E-state index in [1.807, 2.05) is 21.0 Å². The molecule has 2 N–H and O–H groups in total. The molecule has 8 heteroatoms. The summed E-state index contributed by atoms with van der Waals surface area (Å²) in [4.78, 5) is 13.8. The summed E-state index contributed by atoms with van der Waals surface area (Å²) < 4.78 is 6.01. The lowest BCUT2D eigenvalue weighted by atomic mass is 10.1. The van der Waals surface area contributed by atoms with Crippen molar-refractivity contribution in [3.05, 3.63) is 11.3 Å². The third-order valence-electron chi connectivity index (χ3n) is 4.72. The summed E-state index contributed by atoms with van der Waals surface area (Å²) in [6.07, 6.45) is 1.45. The highest BCUT2D eigenvalue weighted by atomic mass is 16.5. The molecule has 2 atom stereocenters. The van der Waals surface area contributed by atoms with E-state index < -0.39 is 0 Å². The minimum absolute atomic E-state index is 0.0156. The van der Waals surface area contributed by atoms with Gasteiger partial charge >= 0.3 is 6.01 Å². The van der Waals surface area contributed by atoms with Crippen molar-refractivity contribution in [1.29, 1.82) is 5.26 Å². The highest BCUT2D eigenvalue weighted by molar-refractivity contribution is 5.51. The maximum Gasteiger partial charge on any atom is 0.318 e. The number of ether oxygens (including phenoxy) is 1. The molecule has 0 bridgehead atoms. The molecule has 1 aromatic rings. The van der Waals surface area contributed by atoms with Gasteiger partial charge in [-0.1, -0.05) is 0 Å². The van der Waals surface area contributed by atoms with Crippen molar-refractivity contribution in [1.82, 2.24) is 25.5 Å². The molecular formula is C18H29N7O. The van der Waals surface area contributed by atoms with Gasteiger partial charge in [0.1, 0.15) is 11.9 Å². The first-order chi connectivity index (χ1) is 12.6. The van der Waals surface area contributed by atoms with Crippen molar-refractivity contribution in [2.75, 3.05) is 51.7 Å². The van der Waals surface area contributed by atoms with Crippen molar-refractivity contribution in [3.8, 4) is 12.1 Å². The molecule has 0 spiro atoms. The zero-order chi connectivity index (χ0) is 18.5. The molecule has 1 fully saturated rings. The Kier molecular flexibility index (Phi) is 6.25. The number of nitriles is 1. The van der Waals surface area contributed by atoms with Crippen molar-refractivity contribution >= 4 is 5.82 Å². The maximum absolute atomic E-state index is 9.02. The first-order valence-electron chi connectivity index (χ1n) is 9.34. The van der Waals surface area contributed by atoms with E-state index in [4.69, 9.17) is 15.0 Å². The second-order valence-electron chi connectivity index (χ2n) is 7.33. The van der Waals surface area contributed by atoms with Gasteiger partial charge in [0.15, 0.2) is 0 Å². The van der Waals surface area contributed by atoms with Gasteiger partial charge in [-0.2, -0.15) is 15.2 Å². The second kappa shape index (κ2) is 8.62. The Morgan fingerprint density at radius 3 is 3.00 bits per heavy atom. The zero-order valence-electron chi connectivity index (χ0n) is 16.0. The van der Waals surface area contributed by atoms with E-state index in [0.29, 0.717) is 12.4 Å². The van der Waals surface area contributed by atoms with Gasteiger partial charge in [-0.25, -0.2) is 0 Å². The molecule has 0 aromatic carbocycles. The van der Waals surface area contributed by atoms with Gasteiger partial charge in [0.25, 0.3) is 0 Å². The van der Waals surface area contributed by atoms with Crippen LogP contribution in [0.4, 0.5) is 5.82 Å². The van der Waals surface area contributed by atoms with Crippen LogP contribution in [0.25, 0.3) is 0 Å². The molecule has 142 valence electrons. The van der Waals surface area contributed by atoms with E-state index in [0.717, 1.165) is 57.2 Å². The Hall–Kier alpha value is -1.95. The smallest absolute Gasteiger partial charge is 0.318 e. The molecule has 8 nitrogen and oxygen atoms in total. The van der Waals surface area contributed by atoms with Gasteiger partial charge in [0.2, 0.25) is 0 Å². The molecule has 3 rings (SSSR count). The van der Waals surface area contributed by atoms with Crippen LogP contribution in [0, 0.1) is 11.3 Å². The monoisotopic (exact) mass is 359 g/mol. The van der Waals surface area contributed by atoms with Crippen LogP contribution >= 0.6 is 0 Å². The molecule has 2 aliphatic rings. The topological polar surface area (TPSA) is 89.3 Å². The van der Waals surface area contributed by atoms with Crippen LogP contribution in [0.15, 0.2) is 0 Å². The summed E-state index contributed by atoms with van der Waals surface area (Å²) in [5.41, 5.74) is 2.25. The fourth-order valence-electron chi connectivity index (χ4n) is 3.63. The number of nitrogens with zero attached hydrogens (tertiary/aromatic N) is 5. The number of aromatic nitrogens is 2. The van der Waals surface area contributed by atoms with Gasteiger partial charge in [0, 0.05) is 44.3 Å². The van der Waals surface area contributed by atoms with Gasteiger partial charge in [-0.3, -0.25) is 0 Å². The van der Waals surface area contributed by atoms with E-state index in [1.165, 1.54) is 5.56 Å². The largest absolute Gasteiger partial charge is 0.459 e. The Morgan fingerprint density at radius 2 is 2.23 bits per heavy atom. The Morgan fingerprint density at radius 1 is 1.38 bits per heavy atom. The number of fused-ring (bicyclic) bond motifs is 1. The zero-order valence-corrected chi connectivity index (χ0v) is 16.0. The van der Waals surface area contributed by atoms with Gasteiger partial charge in [-0.05, 0) is 34.0 Å². The van der Waals surface area contributed by atoms with Crippen LogP contribution in [0.5, 0.6) is 6.01 Å². The lowest BCUT2D eigenvalue weighted by Gasteiger charge is -2.35. The van der Waals surface area contributed by atoms with Crippen LogP contribution in [-0.2, 0) is 13.0 Å². The summed E-state index contributed by atoms with van der Waals surface area (Å²) in [5, 5.41) is 15.8. The molecule has 1 saturated heterocycles. The van der Waals surface area contributed by atoms with Crippen LogP contribution in [-0.4, -0.2) is 73.8 Å². The van der Waals surface area contributed by atoms with Crippen molar-refractivity contribution < 1.29 is 4.74 Å². The molecular weight excluding hydrogens is 330 g/mol. The van der Waals surface area contributed by atoms with E-state index in [2.05, 4.69) is 31.5 Å². The quantitative estimate of drug-likeness (QED) is 0.742. The third-order valence-corrected chi connectivity index (χ3v) is 4.72. The molecule has 1 aromatic heterocycles. The lowest BCUT2D eigenvalue weighted by Crippen LogP contribution is -2.51. The van der Waals surface area contributed by atoms with Crippen LogP contribution in [0.3, 0.4) is 0 Å². The molecule has 0 amide bonds. The van der Waals surface area contributed by atoms with Gasteiger partial charge in [0.05, 0.1) is 18.2 Å². The van der Waals surface area contributed by atoms with Crippen LogP contribution in [0.1, 0.15) is 24.6 Å². The summed E-state index contributed by atoms with van der Waals surface area (Å²) >= 11 is 0. The number of nitrogens with one attached hydrogen (secondary N) is 2. The first kappa shape index (κ1) is 18.8. The summed E-state index contributed by atoms with van der Waals surface area (Å²) in [6, 6.07) is 2.90. The molecule has 2 aliphatic heterocycles. The van der Waals surface area contributed by atoms with Crippen molar-refractivity contribution in [2.24, 2.45) is 0 Å². The average molecular weight is 359 g/mol. The predicted octanol–water partition coefficient (Wildman–Crippen LogP) is 0.143. The number of hydrogen-bond donors (Lipinski definition) is 2. The van der Waals surface area contributed by atoms with Crippen molar-refractivity contribution in [3.63, 3.8) is 0 Å². The predicted molar refractivity (Wildman–Crippen MR) is 100 cm³/mol. The Labute approximate surface area is 155 Å². The van der Waals surface area contributed by atoms with E-state index >= 15 is 0 Å². The van der Waals surface area contributed by atoms with Gasteiger partial charge in [-0.15, -0.1) is 0 Å². The van der Waals surface area contributed by atoms with E-state index in [1.54, 1.807) is 0 Å². The third kappa shape index (κ3) is 4.61. The maximum atomic E-state index is 9.02. The van der Waals surface area contributed by atoms with Crippen LogP contribution in [0.2, 0.25) is 0 Å². The number of anilines is 1. The van der Waals surface area contributed by atoms with Crippen molar-refractivity contribution in [2.45, 2.75) is 38.5 Å². The molecule has 0 saturated carbocycles. The fourth-order valence-corrected chi connectivity index (χ4v) is 3.63. The Bertz CT molecular complexity index is 658. The Balaban J connectivity index is 1.85. The normalized spacial score (nSPS) is 21.2. The number of rotatable bonds is 6. The molecule has 0 aliphatic carbocycles. The second-order valence-corrected chi connectivity index (χ2v) is 7.33. The minimum atomic E-state index is 0.0156. The standard InChI is InChI=1S/C18H29N7O/c1-13(11-24(2)3)26-18-22-16-10-20-7-5-15(16)17(23-18)25-9-8-21-14(12-25)4-6-19/h13-14,20-21H,4-5,7-12H2,1-3H3/t13-,14?/m1/s1. The number of hydrogen-bond acceptors (Lipinski definition) is 8. The minimum Gasteiger partial charge on any atom is -0.459 e. The summed E-state index contributed by atoms with van der Waals surface area (Å²) in [6.45, 7) is 7.06. The van der Waals surface area contributed by atoms with Gasteiger partial charge < -0.3 is 25.2 Å².